The average molecular weight is 276 g/mol. The second kappa shape index (κ2) is 15.5. The lowest BCUT2D eigenvalue weighted by atomic mass is 10.2. The fraction of sp³-hybridized carbons (Fsp3) is 0.556. The van der Waals surface area contributed by atoms with E-state index in [1.807, 2.05) is 18.2 Å². The van der Waals surface area contributed by atoms with Crippen molar-refractivity contribution in [1.82, 2.24) is 0 Å². The molecule has 0 unspecified atom stereocenters. The van der Waals surface area contributed by atoms with Crippen molar-refractivity contribution in [2.24, 2.45) is 0 Å². The highest BCUT2D eigenvalue weighted by Gasteiger charge is 1.93. The molecule has 0 atom stereocenters. The molecule has 0 amide bonds. The average Bonchev–Trinajstić information content (AvgIpc) is 2.43. The topological polar surface area (TPSA) is 37.3 Å². The Morgan fingerprint density at radius 1 is 1.05 bits per heavy atom. The van der Waals surface area contributed by atoms with Crippen LogP contribution in [-0.4, -0.2) is 11.1 Å². The lowest BCUT2D eigenvalue weighted by Gasteiger charge is -1.91. The van der Waals surface area contributed by atoms with Gasteiger partial charge in [-0.3, -0.25) is 4.79 Å². The normalized spacial score (nSPS) is 10.8. The Morgan fingerprint density at radius 3 is 2.55 bits per heavy atom. The minimum Gasteiger partial charge on any atom is -0.481 e. The van der Waals surface area contributed by atoms with Gasteiger partial charge in [0.15, 0.2) is 0 Å². The summed E-state index contributed by atoms with van der Waals surface area (Å²) < 4.78 is 0. The number of aliphatic carboxylic acids is 1. The van der Waals surface area contributed by atoms with Gasteiger partial charge in [-0.05, 0) is 50.7 Å². The summed E-state index contributed by atoms with van der Waals surface area (Å²) in [4.78, 5) is 10.3. The molecule has 0 bridgehead atoms. The van der Waals surface area contributed by atoms with Gasteiger partial charge in [0, 0.05) is 6.42 Å². The monoisotopic (exact) mass is 276 g/mol. The van der Waals surface area contributed by atoms with E-state index < -0.39 is 5.97 Å². The zero-order valence-corrected chi connectivity index (χ0v) is 12.7. The molecule has 0 aromatic rings. The predicted molar refractivity (Wildman–Crippen MR) is 85.8 cm³/mol. The van der Waals surface area contributed by atoms with Crippen molar-refractivity contribution in [2.45, 2.75) is 64.7 Å². The van der Waals surface area contributed by atoms with Crippen molar-refractivity contribution in [1.29, 1.82) is 0 Å². The summed E-state index contributed by atoms with van der Waals surface area (Å²) in [5.74, 6) is -0.709. The number of carboxylic acids is 1. The van der Waals surface area contributed by atoms with Crippen LogP contribution in [0.15, 0.2) is 42.2 Å². The standard InChI is InChI=1S/C18H28O2/c1-2-3-4-5-6-7-8-9-10-11-12-13-14-15-16-17-18(19)20/h6-7,9,11-13H,2-5,8,14-17H2,1H3,(H,19,20)/b7-6+,13-12+. The van der Waals surface area contributed by atoms with Crippen LogP contribution in [0.3, 0.4) is 0 Å². The summed E-state index contributed by atoms with van der Waals surface area (Å²) in [5, 5.41) is 8.47. The molecule has 0 aliphatic carbocycles. The molecule has 20 heavy (non-hydrogen) atoms. The van der Waals surface area contributed by atoms with Crippen LogP contribution < -0.4 is 0 Å². The Kier molecular flexibility index (Phi) is 14.3. The maximum atomic E-state index is 10.3. The maximum Gasteiger partial charge on any atom is 0.303 e. The number of carbonyl (C=O) groups is 1. The molecular weight excluding hydrogens is 248 g/mol. The number of allylic oxidation sites excluding steroid dienone is 5. The number of rotatable bonds is 12. The van der Waals surface area contributed by atoms with Gasteiger partial charge in [-0.2, -0.15) is 0 Å². The van der Waals surface area contributed by atoms with E-state index >= 15 is 0 Å². The molecule has 0 aromatic heterocycles. The van der Waals surface area contributed by atoms with Gasteiger partial charge in [-0.15, -0.1) is 5.73 Å². The first-order valence-corrected chi connectivity index (χ1v) is 7.70. The van der Waals surface area contributed by atoms with Gasteiger partial charge in [-0.1, -0.05) is 44.1 Å². The lowest BCUT2D eigenvalue weighted by molar-refractivity contribution is -0.137. The summed E-state index contributed by atoms with van der Waals surface area (Å²) in [6.45, 7) is 2.22. The third-order valence-electron chi connectivity index (χ3n) is 2.85. The molecule has 0 aliphatic heterocycles. The molecule has 0 radical (unpaired) electrons. The van der Waals surface area contributed by atoms with Crippen molar-refractivity contribution in [3.63, 3.8) is 0 Å². The fourth-order valence-electron chi connectivity index (χ4n) is 1.69. The van der Waals surface area contributed by atoms with Crippen molar-refractivity contribution < 1.29 is 9.90 Å². The van der Waals surface area contributed by atoms with E-state index in [1.54, 1.807) is 0 Å². The Labute approximate surface area is 123 Å². The second-order valence-corrected chi connectivity index (χ2v) is 4.81. The first-order chi connectivity index (χ1) is 9.77. The molecule has 2 heteroatoms. The van der Waals surface area contributed by atoms with Crippen LogP contribution in [0, 0.1) is 0 Å². The Morgan fingerprint density at radius 2 is 1.80 bits per heavy atom. The van der Waals surface area contributed by atoms with E-state index in [0.29, 0.717) is 0 Å². The van der Waals surface area contributed by atoms with Gasteiger partial charge in [-0.25, -0.2) is 0 Å². The third kappa shape index (κ3) is 16.5. The maximum absolute atomic E-state index is 10.3. The second-order valence-electron chi connectivity index (χ2n) is 4.81. The van der Waals surface area contributed by atoms with Crippen LogP contribution in [0.4, 0.5) is 0 Å². The Bertz CT molecular complexity index is 344. The third-order valence-corrected chi connectivity index (χ3v) is 2.85. The van der Waals surface area contributed by atoms with Gasteiger partial charge < -0.3 is 5.11 Å². The van der Waals surface area contributed by atoms with Gasteiger partial charge in [0.05, 0.1) is 0 Å². The minimum absolute atomic E-state index is 0.272. The minimum atomic E-state index is -0.709. The molecule has 0 saturated carbocycles. The fourth-order valence-corrected chi connectivity index (χ4v) is 1.69. The SMILES string of the molecule is CCCCC/C=C/CC=C=C/C=C/CCCCC(=O)O. The predicted octanol–water partition coefficient (Wildman–Crippen LogP) is 5.43. The van der Waals surface area contributed by atoms with Crippen molar-refractivity contribution in [3.05, 3.63) is 42.2 Å². The van der Waals surface area contributed by atoms with Crippen molar-refractivity contribution in [2.75, 3.05) is 0 Å². The van der Waals surface area contributed by atoms with E-state index in [9.17, 15) is 4.79 Å². The van der Waals surface area contributed by atoms with Crippen LogP contribution in [0.25, 0.3) is 0 Å². The summed E-state index contributed by atoms with van der Waals surface area (Å²) in [6.07, 6.45) is 21.3. The first-order valence-electron chi connectivity index (χ1n) is 7.70. The van der Waals surface area contributed by atoms with E-state index in [-0.39, 0.29) is 6.42 Å². The highest BCUT2D eigenvalue weighted by atomic mass is 16.4. The van der Waals surface area contributed by atoms with Crippen LogP contribution in [0.5, 0.6) is 0 Å². The van der Waals surface area contributed by atoms with Crippen molar-refractivity contribution >= 4 is 5.97 Å². The quantitative estimate of drug-likeness (QED) is 0.223. The summed E-state index contributed by atoms with van der Waals surface area (Å²) in [5.41, 5.74) is 3.11. The van der Waals surface area contributed by atoms with E-state index in [2.05, 4.69) is 30.9 Å². The van der Waals surface area contributed by atoms with E-state index in [0.717, 1.165) is 25.7 Å². The molecule has 1 N–H and O–H groups in total. The molecule has 0 saturated heterocycles. The number of carboxylic acid groups (broad SMARTS) is 1. The van der Waals surface area contributed by atoms with Gasteiger partial charge in [0.25, 0.3) is 0 Å². The molecule has 0 fully saturated rings. The molecule has 2 nitrogen and oxygen atoms in total. The Hall–Kier alpha value is -1.53. The highest BCUT2D eigenvalue weighted by molar-refractivity contribution is 5.66. The molecule has 112 valence electrons. The number of unbranched alkanes of at least 4 members (excludes halogenated alkanes) is 5. The van der Waals surface area contributed by atoms with Crippen LogP contribution in [0.2, 0.25) is 0 Å². The van der Waals surface area contributed by atoms with Crippen LogP contribution >= 0.6 is 0 Å². The zero-order valence-electron chi connectivity index (χ0n) is 12.7. The van der Waals surface area contributed by atoms with Crippen molar-refractivity contribution in [3.8, 4) is 0 Å². The van der Waals surface area contributed by atoms with E-state index in [1.165, 1.54) is 25.7 Å². The first kappa shape index (κ1) is 18.5. The van der Waals surface area contributed by atoms with Gasteiger partial charge in [0.1, 0.15) is 0 Å². The molecule has 0 spiro atoms. The summed E-state index contributed by atoms with van der Waals surface area (Å²) in [7, 11) is 0. The summed E-state index contributed by atoms with van der Waals surface area (Å²) >= 11 is 0. The molecular formula is C18H28O2. The van der Waals surface area contributed by atoms with Gasteiger partial charge >= 0.3 is 5.97 Å². The molecule has 0 aromatic carbocycles. The summed E-state index contributed by atoms with van der Waals surface area (Å²) in [6, 6.07) is 0. The zero-order chi connectivity index (χ0) is 14.9. The van der Waals surface area contributed by atoms with Crippen LogP contribution in [-0.2, 0) is 4.79 Å². The largest absolute Gasteiger partial charge is 0.481 e. The smallest absolute Gasteiger partial charge is 0.303 e. The number of hydrogen-bond acceptors (Lipinski definition) is 1. The molecule has 0 heterocycles. The molecule has 0 rings (SSSR count). The molecule has 0 aliphatic rings. The highest BCUT2D eigenvalue weighted by Crippen LogP contribution is 2.01. The Balaban J connectivity index is 3.48. The van der Waals surface area contributed by atoms with E-state index in [4.69, 9.17) is 5.11 Å². The van der Waals surface area contributed by atoms with Crippen LogP contribution in [0.1, 0.15) is 64.7 Å². The van der Waals surface area contributed by atoms with Gasteiger partial charge in [0.2, 0.25) is 0 Å². The number of hydrogen-bond donors (Lipinski definition) is 1. The lowest BCUT2D eigenvalue weighted by Crippen LogP contribution is -1.92.